The highest BCUT2D eigenvalue weighted by Gasteiger charge is 2.25. The van der Waals surface area contributed by atoms with Gasteiger partial charge in [0.1, 0.15) is 5.82 Å². The Labute approximate surface area is 225 Å². The number of nitrogens with two attached hydrogens (primary N) is 1. The third-order valence-electron chi connectivity index (χ3n) is 7.22. The highest BCUT2D eigenvalue weighted by molar-refractivity contribution is 7.17. The molecule has 0 saturated heterocycles. The second-order valence-corrected chi connectivity index (χ2v) is 10.8. The second kappa shape index (κ2) is 11.2. The van der Waals surface area contributed by atoms with Gasteiger partial charge in [-0.25, -0.2) is 0 Å². The average molecular weight is 530 g/mol. The predicted octanol–water partition coefficient (Wildman–Crippen LogP) is 5.50. The van der Waals surface area contributed by atoms with Crippen molar-refractivity contribution in [3.63, 3.8) is 0 Å². The van der Waals surface area contributed by atoms with Crippen LogP contribution in [0.4, 0.5) is 11.5 Å². The first-order valence-electron chi connectivity index (χ1n) is 12.9. The molecule has 0 spiro atoms. The van der Waals surface area contributed by atoms with Gasteiger partial charge in [0.2, 0.25) is 11.8 Å². The van der Waals surface area contributed by atoms with Crippen molar-refractivity contribution in [1.82, 2.24) is 9.97 Å². The van der Waals surface area contributed by atoms with E-state index in [4.69, 9.17) is 5.73 Å². The number of aryl methyl sites for hydroxylation is 1. The minimum absolute atomic E-state index is 0.0666. The molecule has 1 aromatic carbocycles. The van der Waals surface area contributed by atoms with E-state index in [0.29, 0.717) is 17.1 Å². The number of pyridine rings is 1. The molecule has 0 atom stereocenters. The van der Waals surface area contributed by atoms with Crippen LogP contribution in [0.15, 0.2) is 54.9 Å². The van der Waals surface area contributed by atoms with E-state index in [1.54, 1.807) is 23.4 Å². The van der Waals surface area contributed by atoms with E-state index < -0.39 is 5.91 Å². The topological polar surface area (TPSA) is 121 Å². The third kappa shape index (κ3) is 5.47. The molecule has 3 amide bonds. The zero-order chi connectivity index (χ0) is 26.6. The van der Waals surface area contributed by atoms with Crippen molar-refractivity contribution in [2.45, 2.75) is 44.9 Å². The molecule has 5 rings (SSSR count). The van der Waals surface area contributed by atoms with Crippen LogP contribution in [-0.4, -0.2) is 34.7 Å². The maximum absolute atomic E-state index is 13.2. The van der Waals surface area contributed by atoms with Gasteiger partial charge in [-0.3, -0.25) is 19.4 Å². The fourth-order valence-electron chi connectivity index (χ4n) is 5.12. The lowest BCUT2D eigenvalue weighted by Gasteiger charge is -2.26. The van der Waals surface area contributed by atoms with Gasteiger partial charge in [0.05, 0.1) is 4.88 Å². The van der Waals surface area contributed by atoms with Crippen molar-refractivity contribution in [2.24, 2.45) is 11.7 Å². The summed E-state index contributed by atoms with van der Waals surface area (Å²) in [7, 11) is 1.81. The van der Waals surface area contributed by atoms with E-state index in [9.17, 15) is 14.4 Å². The molecule has 196 valence electrons. The first-order valence-corrected chi connectivity index (χ1v) is 13.7. The Kier molecular flexibility index (Phi) is 7.55. The smallest absolute Gasteiger partial charge is 0.266 e. The number of benzene rings is 1. The van der Waals surface area contributed by atoms with Crippen LogP contribution in [0.3, 0.4) is 0 Å². The maximum Gasteiger partial charge on any atom is 0.266 e. The Hall–Kier alpha value is -3.98. The molecule has 0 radical (unpaired) electrons. The number of rotatable bonds is 8. The van der Waals surface area contributed by atoms with E-state index in [1.807, 2.05) is 43.4 Å². The Bertz CT molecular complexity index is 1470. The average Bonchev–Trinajstić information content (AvgIpc) is 3.57. The number of fused-ring (bicyclic) bond motifs is 1. The highest BCUT2D eigenvalue weighted by Crippen LogP contribution is 2.33. The number of aromatic nitrogens is 2. The molecule has 9 heteroatoms. The van der Waals surface area contributed by atoms with E-state index in [1.165, 1.54) is 17.8 Å². The highest BCUT2D eigenvalue weighted by atomic mass is 32.1. The fraction of sp³-hybridized carbons (Fsp3) is 0.310. The summed E-state index contributed by atoms with van der Waals surface area (Å²) in [6.07, 6.45) is 9.25. The summed E-state index contributed by atoms with van der Waals surface area (Å²) < 4.78 is 0. The lowest BCUT2D eigenvalue weighted by Crippen LogP contribution is -2.33. The van der Waals surface area contributed by atoms with E-state index >= 15 is 0 Å². The number of hydrogen-bond donors (Lipinski definition) is 3. The molecule has 4 N–H and O–H groups in total. The summed E-state index contributed by atoms with van der Waals surface area (Å²) in [6, 6.07) is 13.3. The summed E-state index contributed by atoms with van der Waals surface area (Å²) >= 11 is 1.40. The molecule has 1 aliphatic rings. The summed E-state index contributed by atoms with van der Waals surface area (Å²) in [5, 5.41) is 3.88. The van der Waals surface area contributed by atoms with E-state index in [-0.39, 0.29) is 24.2 Å². The minimum Gasteiger partial charge on any atom is -0.370 e. The Morgan fingerprint density at radius 3 is 2.58 bits per heavy atom. The van der Waals surface area contributed by atoms with Gasteiger partial charge >= 0.3 is 0 Å². The number of thiophene rings is 1. The molecule has 0 bridgehead atoms. The first-order chi connectivity index (χ1) is 18.4. The number of carbonyl (C=O) groups is 3. The number of anilines is 2. The second-order valence-electron chi connectivity index (χ2n) is 9.76. The molecule has 0 unspecified atom stereocenters. The number of carbonyl (C=O) groups excluding carboxylic acids is 3. The fourth-order valence-corrected chi connectivity index (χ4v) is 6.03. The number of amides is 3. The Balaban J connectivity index is 1.41. The molecule has 4 aromatic rings. The van der Waals surface area contributed by atoms with Gasteiger partial charge in [-0.05, 0) is 61.2 Å². The van der Waals surface area contributed by atoms with Crippen molar-refractivity contribution in [2.75, 3.05) is 17.3 Å². The largest absolute Gasteiger partial charge is 0.370 e. The van der Waals surface area contributed by atoms with E-state index in [2.05, 4.69) is 15.3 Å². The SMILES string of the molecule is CN(C(=O)C1CCCCC1)c1ccc2c(CCC(N)=O)c(NC(=O)c3ccc(-c4ccncc4)s3)[nH]c2c1. The number of H-pyrrole nitrogens is 1. The zero-order valence-electron chi connectivity index (χ0n) is 21.3. The number of hydrogen-bond acceptors (Lipinski definition) is 5. The summed E-state index contributed by atoms with van der Waals surface area (Å²) in [5.41, 5.74) is 8.81. The van der Waals surface area contributed by atoms with Gasteiger partial charge in [-0.15, -0.1) is 11.3 Å². The lowest BCUT2D eigenvalue weighted by molar-refractivity contribution is -0.123. The van der Waals surface area contributed by atoms with Crippen LogP contribution in [0.25, 0.3) is 21.3 Å². The first kappa shape index (κ1) is 25.7. The van der Waals surface area contributed by atoms with Crippen molar-refractivity contribution >= 4 is 51.5 Å². The number of nitrogens with one attached hydrogen (secondary N) is 2. The summed E-state index contributed by atoms with van der Waals surface area (Å²) in [6.45, 7) is 0. The molecule has 3 heterocycles. The third-order valence-corrected chi connectivity index (χ3v) is 8.35. The molecule has 3 aromatic heterocycles. The van der Waals surface area contributed by atoms with Crippen molar-refractivity contribution in [1.29, 1.82) is 0 Å². The van der Waals surface area contributed by atoms with E-state index in [0.717, 1.165) is 58.3 Å². The van der Waals surface area contributed by atoms with Crippen LogP contribution in [0.5, 0.6) is 0 Å². The van der Waals surface area contributed by atoms with Crippen molar-refractivity contribution < 1.29 is 14.4 Å². The van der Waals surface area contributed by atoms with Crippen molar-refractivity contribution in [3.05, 3.63) is 65.3 Å². The molecular weight excluding hydrogens is 498 g/mol. The monoisotopic (exact) mass is 529 g/mol. The minimum atomic E-state index is -0.411. The predicted molar refractivity (Wildman–Crippen MR) is 151 cm³/mol. The quantitative estimate of drug-likeness (QED) is 0.279. The van der Waals surface area contributed by atoms with Gasteiger partial charge in [-0.2, -0.15) is 0 Å². The van der Waals surface area contributed by atoms with Crippen molar-refractivity contribution in [3.8, 4) is 10.4 Å². The molecule has 1 fully saturated rings. The van der Waals surface area contributed by atoms with Crippen LogP contribution >= 0.6 is 11.3 Å². The normalized spacial score (nSPS) is 13.9. The zero-order valence-corrected chi connectivity index (χ0v) is 22.1. The van der Waals surface area contributed by atoms with Gasteiger partial charge < -0.3 is 20.9 Å². The lowest BCUT2D eigenvalue weighted by atomic mass is 9.88. The standard InChI is InChI=1S/C29H31N5O3S/c1-34(29(37)19-5-3-2-4-6-19)20-7-8-21-22(9-12-26(30)35)27(32-23(21)17-20)33-28(36)25-11-10-24(38-25)18-13-15-31-16-14-18/h7-8,10-11,13-17,19,32H,2-6,9,12H2,1H3,(H2,30,35)(H,33,36). The summed E-state index contributed by atoms with van der Waals surface area (Å²) in [5.74, 6) is 0.0829. The summed E-state index contributed by atoms with van der Waals surface area (Å²) in [4.78, 5) is 48.5. The van der Waals surface area contributed by atoms with Crippen LogP contribution in [0.1, 0.15) is 53.8 Å². The van der Waals surface area contributed by atoms with Gasteiger partial charge in [0.15, 0.2) is 0 Å². The molecule has 8 nitrogen and oxygen atoms in total. The van der Waals surface area contributed by atoms with Gasteiger partial charge in [0.25, 0.3) is 5.91 Å². The van der Waals surface area contributed by atoms with Crippen LogP contribution in [0.2, 0.25) is 0 Å². The molecule has 1 aliphatic carbocycles. The Morgan fingerprint density at radius 1 is 1.08 bits per heavy atom. The molecule has 1 saturated carbocycles. The number of aromatic amines is 1. The van der Waals surface area contributed by atoms with Crippen LogP contribution < -0.4 is 16.0 Å². The van der Waals surface area contributed by atoms with Crippen LogP contribution in [-0.2, 0) is 16.0 Å². The van der Waals surface area contributed by atoms with Crippen LogP contribution in [0, 0.1) is 5.92 Å². The Morgan fingerprint density at radius 2 is 1.84 bits per heavy atom. The molecule has 0 aliphatic heterocycles. The number of nitrogens with zero attached hydrogens (tertiary/aromatic N) is 2. The maximum atomic E-state index is 13.2. The van der Waals surface area contributed by atoms with Gasteiger partial charge in [0, 0.05) is 58.8 Å². The van der Waals surface area contributed by atoms with Gasteiger partial charge in [-0.1, -0.05) is 25.3 Å². The number of primary amides is 1. The molecule has 38 heavy (non-hydrogen) atoms. The molecular formula is C29H31N5O3S.